The number of benzene rings is 1. The number of nitro benzene ring substituents is 1. The molecule has 0 aliphatic rings. The van der Waals surface area contributed by atoms with Crippen molar-refractivity contribution in [3.63, 3.8) is 0 Å². The summed E-state index contributed by atoms with van der Waals surface area (Å²) in [4.78, 5) is 14.7. The summed E-state index contributed by atoms with van der Waals surface area (Å²) in [7, 11) is 1.69. The Bertz CT molecular complexity index is 509. The summed E-state index contributed by atoms with van der Waals surface area (Å²) in [5.41, 5.74) is 1.26. The Kier molecular flexibility index (Phi) is 14.0. The second kappa shape index (κ2) is 14.9. The SMILES string of the molecule is CCNC(=NCCCOC)NCCCCc1ccc([N+](=O)[O-])cc1.I. The fourth-order valence-electron chi connectivity index (χ4n) is 2.19. The highest BCUT2D eigenvalue weighted by Crippen LogP contribution is 2.13. The van der Waals surface area contributed by atoms with Crippen molar-refractivity contribution >= 4 is 35.6 Å². The molecule has 0 heterocycles. The number of non-ortho nitro benzene ring substituents is 1. The zero-order chi connectivity index (χ0) is 17.6. The Hall–Kier alpha value is -1.42. The molecule has 0 fully saturated rings. The molecule has 1 aromatic rings. The molecule has 25 heavy (non-hydrogen) atoms. The van der Waals surface area contributed by atoms with Gasteiger partial charge in [-0.15, -0.1) is 24.0 Å². The van der Waals surface area contributed by atoms with Gasteiger partial charge < -0.3 is 15.4 Å². The van der Waals surface area contributed by atoms with Crippen LogP contribution in [0.5, 0.6) is 0 Å². The van der Waals surface area contributed by atoms with Crippen LogP contribution in [0.4, 0.5) is 5.69 Å². The van der Waals surface area contributed by atoms with E-state index in [2.05, 4.69) is 15.6 Å². The third-order valence-electron chi connectivity index (χ3n) is 3.45. The third kappa shape index (κ3) is 10.9. The highest BCUT2D eigenvalue weighted by atomic mass is 127. The van der Waals surface area contributed by atoms with E-state index in [4.69, 9.17) is 4.74 Å². The van der Waals surface area contributed by atoms with Crippen molar-refractivity contribution < 1.29 is 9.66 Å². The van der Waals surface area contributed by atoms with Crippen molar-refractivity contribution in [2.24, 2.45) is 4.99 Å². The zero-order valence-corrected chi connectivity index (χ0v) is 17.3. The Morgan fingerprint density at radius 1 is 1.20 bits per heavy atom. The molecular weight excluding hydrogens is 435 g/mol. The lowest BCUT2D eigenvalue weighted by Gasteiger charge is -2.11. The maximum Gasteiger partial charge on any atom is 0.269 e. The van der Waals surface area contributed by atoms with Crippen molar-refractivity contribution in [1.29, 1.82) is 0 Å². The predicted molar refractivity (Wildman–Crippen MR) is 112 cm³/mol. The molecule has 142 valence electrons. The van der Waals surface area contributed by atoms with Gasteiger partial charge in [0.2, 0.25) is 0 Å². The summed E-state index contributed by atoms with van der Waals surface area (Å²) in [6.07, 6.45) is 3.86. The van der Waals surface area contributed by atoms with E-state index in [1.165, 1.54) is 0 Å². The molecule has 8 heteroatoms. The molecule has 1 aromatic carbocycles. The molecule has 0 spiro atoms. The van der Waals surface area contributed by atoms with E-state index < -0.39 is 0 Å². The Morgan fingerprint density at radius 2 is 1.92 bits per heavy atom. The Balaban J connectivity index is 0.00000576. The average Bonchev–Trinajstić information content (AvgIpc) is 2.58. The molecule has 0 amide bonds. The number of aliphatic imine (C=N–C) groups is 1. The largest absolute Gasteiger partial charge is 0.385 e. The molecule has 7 nitrogen and oxygen atoms in total. The van der Waals surface area contributed by atoms with E-state index in [1.54, 1.807) is 19.2 Å². The van der Waals surface area contributed by atoms with Gasteiger partial charge in [-0.05, 0) is 38.2 Å². The van der Waals surface area contributed by atoms with Gasteiger partial charge in [-0.3, -0.25) is 15.1 Å². The van der Waals surface area contributed by atoms with Crippen LogP contribution in [0.15, 0.2) is 29.3 Å². The van der Waals surface area contributed by atoms with Gasteiger partial charge >= 0.3 is 0 Å². The number of hydrogen-bond donors (Lipinski definition) is 2. The predicted octanol–water partition coefficient (Wildman–Crippen LogP) is 3.13. The number of aryl methyl sites for hydroxylation is 1. The van der Waals surface area contributed by atoms with Gasteiger partial charge in [0.1, 0.15) is 0 Å². The number of ether oxygens (including phenoxy) is 1. The average molecular weight is 464 g/mol. The van der Waals surface area contributed by atoms with Crippen LogP contribution < -0.4 is 10.6 Å². The van der Waals surface area contributed by atoms with E-state index in [-0.39, 0.29) is 34.6 Å². The summed E-state index contributed by atoms with van der Waals surface area (Å²) in [6.45, 7) is 5.19. The number of hydrogen-bond acceptors (Lipinski definition) is 4. The van der Waals surface area contributed by atoms with Crippen molar-refractivity contribution in [3.8, 4) is 0 Å². The van der Waals surface area contributed by atoms with E-state index in [1.807, 2.05) is 19.1 Å². The minimum Gasteiger partial charge on any atom is -0.385 e. The molecule has 0 aliphatic carbocycles. The standard InChI is InChI=1S/C17H28N4O3.HI/c1-3-18-17(20-13-6-14-24-2)19-12-5-4-7-15-8-10-16(11-9-15)21(22)23;/h8-11H,3-7,12-14H2,1-2H3,(H2,18,19,20);1H. The van der Waals surface area contributed by atoms with Crippen LogP contribution in [0.1, 0.15) is 31.7 Å². The van der Waals surface area contributed by atoms with Gasteiger partial charge in [0.05, 0.1) is 4.92 Å². The van der Waals surface area contributed by atoms with Gasteiger partial charge in [0.25, 0.3) is 5.69 Å². The van der Waals surface area contributed by atoms with E-state index in [0.29, 0.717) is 0 Å². The maximum absolute atomic E-state index is 10.6. The fraction of sp³-hybridized carbons (Fsp3) is 0.588. The Labute approximate surface area is 166 Å². The number of methoxy groups -OCH3 is 1. The molecular formula is C17H29IN4O3. The molecule has 0 radical (unpaired) electrons. The summed E-state index contributed by atoms with van der Waals surface area (Å²) in [5.74, 6) is 0.837. The lowest BCUT2D eigenvalue weighted by atomic mass is 10.1. The summed E-state index contributed by atoms with van der Waals surface area (Å²) in [5, 5.41) is 17.1. The molecule has 0 aromatic heterocycles. The van der Waals surface area contributed by atoms with E-state index >= 15 is 0 Å². The summed E-state index contributed by atoms with van der Waals surface area (Å²) in [6, 6.07) is 6.77. The van der Waals surface area contributed by atoms with Crippen molar-refractivity contribution in [2.75, 3.05) is 33.4 Å². The monoisotopic (exact) mass is 464 g/mol. The normalized spacial score (nSPS) is 10.9. The molecule has 0 unspecified atom stereocenters. The van der Waals surface area contributed by atoms with E-state index in [9.17, 15) is 10.1 Å². The van der Waals surface area contributed by atoms with Crippen molar-refractivity contribution in [3.05, 3.63) is 39.9 Å². The highest BCUT2D eigenvalue weighted by molar-refractivity contribution is 14.0. The molecule has 0 atom stereocenters. The minimum absolute atomic E-state index is 0. The highest BCUT2D eigenvalue weighted by Gasteiger charge is 2.03. The summed E-state index contributed by atoms with van der Waals surface area (Å²) >= 11 is 0. The lowest BCUT2D eigenvalue weighted by Crippen LogP contribution is -2.37. The quantitative estimate of drug-likeness (QED) is 0.131. The van der Waals surface area contributed by atoms with Crippen LogP contribution in [0.2, 0.25) is 0 Å². The van der Waals surface area contributed by atoms with Crippen LogP contribution in [-0.4, -0.2) is 44.2 Å². The first-order valence-corrected chi connectivity index (χ1v) is 8.41. The number of rotatable bonds is 11. The molecule has 0 saturated heterocycles. The van der Waals surface area contributed by atoms with Gasteiger partial charge in [-0.1, -0.05) is 12.1 Å². The molecule has 0 aliphatic heterocycles. The van der Waals surface area contributed by atoms with E-state index in [0.717, 1.165) is 63.4 Å². The minimum atomic E-state index is -0.373. The smallest absolute Gasteiger partial charge is 0.269 e. The number of nitro groups is 1. The first-order chi connectivity index (χ1) is 11.7. The van der Waals surface area contributed by atoms with Crippen molar-refractivity contribution in [1.82, 2.24) is 10.6 Å². The zero-order valence-electron chi connectivity index (χ0n) is 15.0. The third-order valence-corrected chi connectivity index (χ3v) is 3.45. The van der Waals surface area contributed by atoms with Gasteiger partial charge in [-0.25, -0.2) is 0 Å². The number of nitrogens with zero attached hydrogens (tertiary/aromatic N) is 2. The van der Waals surface area contributed by atoms with Crippen LogP contribution in [-0.2, 0) is 11.2 Å². The van der Waals surface area contributed by atoms with Crippen LogP contribution in [0.25, 0.3) is 0 Å². The van der Waals surface area contributed by atoms with Crippen LogP contribution >= 0.6 is 24.0 Å². The summed E-state index contributed by atoms with van der Waals surface area (Å²) < 4.78 is 5.01. The van der Waals surface area contributed by atoms with Gasteiger partial charge in [0, 0.05) is 45.5 Å². The second-order valence-corrected chi connectivity index (χ2v) is 5.41. The first-order valence-electron chi connectivity index (χ1n) is 8.41. The number of unbranched alkanes of at least 4 members (excludes halogenated alkanes) is 1. The van der Waals surface area contributed by atoms with Crippen LogP contribution in [0, 0.1) is 10.1 Å². The maximum atomic E-state index is 10.6. The topological polar surface area (TPSA) is 88.8 Å². The molecule has 0 saturated carbocycles. The first kappa shape index (κ1) is 23.6. The molecule has 1 rings (SSSR count). The lowest BCUT2D eigenvalue weighted by molar-refractivity contribution is -0.384. The number of nitrogens with one attached hydrogen (secondary N) is 2. The van der Waals surface area contributed by atoms with Crippen LogP contribution in [0.3, 0.4) is 0 Å². The molecule has 0 bridgehead atoms. The fourth-order valence-corrected chi connectivity index (χ4v) is 2.19. The molecule has 2 N–H and O–H groups in total. The van der Waals surface area contributed by atoms with Crippen molar-refractivity contribution in [2.45, 2.75) is 32.6 Å². The van der Waals surface area contributed by atoms with Gasteiger partial charge in [0.15, 0.2) is 5.96 Å². The van der Waals surface area contributed by atoms with Gasteiger partial charge in [-0.2, -0.15) is 0 Å². The number of guanidine groups is 1. The number of halogens is 1. The Morgan fingerprint density at radius 3 is 2.52 bits per heavy atom. The second-order valence-electron chi connectivity index (χ2n) is 5.41.